The molecule has 2 aromatic carbocycles. The van der Waals surface area contributed by atoms with Gasteiger partial charge in [0.2, 0.25) is 0 Å². The maximum absolute atomic E-state index is 9.69. The highest BCUT2D eigenvalue weighted by molar-refractivity contribution is 5.53. The lowest BCUT2D eigenvalue weighted by atomic mass is 10.1. The summed E-state index contributed by atoms with van der Waals surface area (Å²) < 4.78 is 10.4. The van der Waals surface area contributed by atoms with E-state index in [1.807, 2.05) is 43.4 Å². The summed E-state index contributed by atoms with van der Waals surface area (Å²) >= 11 is 0. The van der Waals surface area contributed by atoms with Gasteiger partial charge in [-0.05, 0) is 36.8 Å². The highest BCUT2D eigenvalue weighted by Gasteiger charge is 2.15. The lowest BCUT2D eigenvalue weighted by molar-refractivity contribution is 0.372. The minimum atomic E-state index is 0.131. The Bertz CT molecular complexity index is 613. The first-order valence-electron chi connectivity index (χ1n) is 6.80. The van der Waals surface area contributed by atoms with Gasteiger partial charge in [0.25, 0.3) is 0 Å². The number of ether oxygens (including phenoxy) is 2. The number of rotatable bonds is 5. The van der Waals surface area contributed by atoms with Crippen LogP contribution in [0.4, 0.5) is 5.69 Å². The zero-order valence-electron chi connectivity index (χ0n) is 12.8. The second kappa shape index (κ2) is 6.39. The lowest BCUT2D eigenvalue weighted by Gasteiger charge is -2.28. The van der Waals surface area contributed by atoms with Gasteiger partial charge in [-0.25, -0.2) is 0 Å². The molecule has 0 bridgehead atoms. The third kappa shape index (κ3) is 3.21. The molecule has 0 heterocycles. The van der Waals surface area contributed by atoms with Crippen molar-refractivity contribution in [2.45, 2.75) is 13.0 Å². The van der Waals surface area contributed by atoms with E-state index in [1.54, 1.807) is 20.3 Å². The maximum atomic E-state index is 9.69. The van der Waals surface area contributed by atoms with Crippen LogP contribution in [0.3, 0.4) is 0 Å². The van der Waals surface area contributed by atoms with Crippen LogP contribution in [0.25, 0.3) is 0 Å². The van der Waals surface area contributed by atoms with Crippen LogP contribution in [0.5, 0.6) is 17.2 Å². The summed E-state index contributed by atoms with van der Waals surface area (Å²) in [6.07, 6.45) is 0. The van der Waals surface area contributed by atoms with E-state index in [9.17, 15) is 5.11 Å². The Morgan fingerprint density at radius 2 is 1.81 bits per heavy atom. The molecule has 0 aliphatic carbocycles. The third-order valence-electron chi connectivity index (χ3n) is 3.73. The average molecular weight is 287 g/mol. The molecule has 4 nitrogen and oxygen atoms in total. The van der Waals surface area contributed by atoms with E-state index < -0.39 is 0 Å². The highest BCUT2D eigenvalue weighted by Crippen LogP contribution is 2.33. The van der Waals surface area contributed by atoms with Crippen LogP contribution in [-0.4, -0.2) is 26.4 Å². The van der Waals surface area contributed by atoms with Crippen molar-refractivity contribution in [3.05, 3.63) is 48.0 Å². The van der Waals surface area contributed by atoms with Crippen LogP contribution in [-0.2, 0) is 0 Å². The van der Waals surface area contributed by atoms with Crippen molar-refractivity contribution < 1.29 is 14.6 Å². The van der Waals surface area contributed by atoms with Crippen molar-refractivity contribution in [3.63, 3.8) is 0 Å². The van der Waals surface area contributed by atoms with Gasteiger partial charge in [0.1, 0.15) is 5.75 Å². The maximum Gasteiger partial charge on any atom is 0.160 e. The van der Waals surface area contributed by atoms with Crippen molar-refractivity contribution in [1.29, 1.82) is 0 Å². The third-order valence-corrected chi connectivity index (χ3v) is 3.73. The molecule has 1 unspecified atom stereocenters. The topological polar surface area (TPSA) is 41.9 Å². The van der Waals surface area contributed by atoms with Crippen LogP contribution in [0.2, 0.25) is 0 Å². The Labute approximate surface area is 125 Å². The van der Waals surface area contributed by atoms with E-state index in [4.69, 9.17) is 9.47 Å². The molecule has 2 aromatic rings. The van der Waals surface area contributed by atoms with Crippen LogP contribution < -0.4 is 14.4 Å². The fourth-order valence-corrected chi connectivity index (χ4v) is 2.23. The largest absolute Gasteiger partial charge is 0.504 e. The molecule has 1 atom stereocenters. The highest BCUT2D eigenvalue weighted by atomic mass is 16.5. The van der Waals surface area contributed by atoms with Gasteiger partial charge >= 0.3 is 0 Å². The van der Waals surface area contributed by atoms with E-state index in [1.165, 1.54) is 0 Å². The average Bonchev–Trinajstić information content (AvgIpc) is 2.54. The molecule has 0 saturated heterocycles. The molecule has 0 aliphatic heterocycles. The Morgan fingerprint density at radius 3 is 2.48 bits per heavy atom. The Morgan fingerprint density at radius 1 is 1.05 bits per heavy atom. The monoisotopic (exact) mass is 287 g/mol. The van der Waals surface area contributed by atoms with Crippen molar-refractivity contribution in [3.8, 4) is 17.2 Å². The van der Waals surface area contributed by atoms with Crippen LogP contribution in [0, 0.1) is 0 Å². The van der Waals surface area contributed by atoms with E-state index in [-0.39, 0.29) is 11.8 Å². The Hall–Kier alpha value is -2.36. The van der Waals surface area contributed by atoms with Crippen molar-refractivity contribution in [2.24, 2.45) is 0 Å². The van der Waals surface area contributed by atoms with Crippen molar-refractivity contribution in [2.75, 3.05) is 26.2 Å². The second-order valence-electron chi connectivity index (χ2n) is 4.92. The molecular formula is C17H21NO3. The normalized spacial score (nSPS) is 11.8. The van der Waals surface area contributed by atoms with Gasteiger partial charge in [0, 0.05) is 18.8 Å². The van der Waals surface area contributed by atoms with E-state index >= 15 is 0 Å². The molecule has 2 rings (SSSR count). The molecule has 0 fully saturated rings. The molecule has 0 aliphatic rings. The SMILES string of the molecule is COc1cccc(N(C)C(C)c2ccc(O)c(OC)c2)c1. The van der Waals surface area contributed by atoms with E-state index in [2.05, 4.69) is 11.8 Å². The van der Waals surface area contributed by atoms with Gasteiger partial charge in [-0.15, -0.1) is 0 Å². The number of methoxy groups -OCH3 is 2. The molecule has 112 valence electrons. The first-order valence-corrected chi connectivity index (χ1v) is 6.80. The molecule has 4 heteroatoms. The van der Waals surface area contributed by atoms with Gasteiger partial charge in [-0.1, -0.05) is 12.1 Å². The molecule has 1 N–H and O–H groups in total. The fourth-order valence-electron chi connectivity index (χ4n) is 2.23. The number of benzene rings is 2. The second-order valence-corrected chi connectivity index (χ2v) is 4.92. The van der Waals surface area contributed by atoms with E-state index in [0.717, 1.165) is 17.0 Å². The lowest BCUT2D eigenvalue weighted by Crippen LogP contribution is -2.21. The summed E-state index contributed by atoms with van der Waals surface area (Å²) in [5.41, 5.74) is 2.13. The van der Waals surface area contributed by atoms with Gasteiger partial charge in [0.05, 0.1) is 20.3 Å². The molecule has 21 heavy (non-hydrogen) atoms. The molecule has 0 spiro atoms. The van der Waals surface area contributed by atoms with Gasteiger partial charge in [-0.3, -0.25) is 0 Å². The van der Waals surface area contributed by atoms with Gasteiger partial charge < -0.3 is 19.5 Å². The first kappa shape index (κ1) is 15.0. The summed E-state index contributed by atoms with van der Waals surface area (Å²) in [6.45, 7) is 2.10. The number of nitrogens with zero attached hydrogens (tertiary/aromatic N) is 1. The quantitative estimate of drug-likeness (QED) is 0.912. The number of phenolic OH excluding ortho intramolecular Hbond substituents is 1. The van der Waals surface area contributed by atoms with Gasteiger partial charge in [0.15, 0.2) is 11.5 Å². The Kier molecular flexibility index (Phi) is 4.58. The smallest absolute Gasteiger partial charge is 0.160 e. The van der Waals surface area contributed by atoms with Crippen molar-refractivity contribution >= 4 is 5.69 Å². The summed E-state index contributed by atoms with van der Waals surface area (Å²) in [4.78, 5) is 2.15. The number of phenols is 1. The summed E-state index contributed by atoms with van der Waals surface area (Å²) in [6, 6.07) is 13.5. The minimum Gasteiger partial charge on any atom is -0.504 e. The van der Waals surface area contributed by atoms with E-state index in [0.29, 0.717) is 5.75 Å². The minimum absolute atomic E-state index is 0.131. The van der Waals surface area contributed by atoms with Gasteiger partial charge in [-0.2, -0.15) is 0 Å². The standard InChI is InChI=1S/C17H21NO3/c1-12(13-8-9-16(19)17(10-13)21-4)18(2)14-6-5-7-15(11-14)20-3/h5-12,19H,1-4H3. The zero-order chi connectivity index (χ0) is 15.4. The first-order chi connectivity index (χ1) is 10.1. The Balaban J connectivity index is 2.27. The predicted molar refractivity (Wildman–Crippen MR) is 84.5 cm³/mol. The number of hydrogen-bond donors (Lipinski definition) is 1. The number of hydrogen-bond acceptors (Lipinski definition) is 4. The molecular weight excluding hydrogens is 266 g/mol. The predicted octanol–water partition coefficient (Wildman–Crippen LogP) is 3.61. The fraction of sp³-hybridized carbons (Fsp3) is 0.294. The zero-order valence-corrected chi connectivity index (χ0v) is 12.8. The summed E-state index contributed by atoms with van der Waals surface area (Å²) in [7, 11) is 5.24. The van der Waals surface area contributed by atoms with Crippen LogP contribution in [0.15, 0.2) is 42.5 Å². The molecule has 0 aromatic heterocycles. The van der Waals surface area contributed by atoms with Crippen LogP contribution >= 0.6 is 0 Å². The number of aromatic hydroxyl groups is 1. The summed E-state index contributed by atoms with van der Waals surface area (Å²) in [5.74, 6) is 1.46. The molecule has 0 amide bonds. The summed E-state index contributed by atoms with van der Waals surface area (Å²) in [5, 5.41) is 9.69. The molecule has 0 radical (unpaired) electrons. The van der Waals surface area contributed by atoms with Crippen molar-refractivity contribution in [1.82, 2.24) is 0 Å². The molecule has 0 saturated carbocycles. The number of anilines is 1. The van der Waals surface area contributed by atoms with Crippen LogP contribution in [0.1, 0.15) is 18.5 Å².